The summed E-state index contributed by atoms with van der Waals surface area (Å²) in [5.74, 6) is 0. The van der Waals surface area contributed by atoms with Gasteiger partial charge >= 0.3 is 0 Å². The van der Waals surface area contributed by atoms with Crippen LogP contribution >= 0.6 is 0 Å². The molecule has 0 unspecified atom stereocenters. The van der Waals surface area contributed by atoms with Crippen LogP contribution in [0.5, 0.6) is 0 Å². The van der Waals surface area contributed by atoms with Crippen molar-refractivity contribution < 1.29 is 12.3 Å². The molecule has 5 nitrogen and oxygen atoms in total. The summed E-state index contributed by atoms with van der Waals surface area (Å²) in [6, 6.07) is 65.6. The highest BCUT2D eigenvalue weighted by Crippen LogP contribution is 2.42. The standard InChI is InChI=1S/C66H51N5/c1-44-14-33-66(71-43-44)55-31-32-60(61(39-55)51-27-29-52(30-28-51)62-40-57(41-67)45(2)46(3)63(62)42-68)59-11-5-4-10-58(59)56-37-49(17-15-47-19-23-53(24-20-47)64-12-6-8-34-69-64)36-50(38-56)18-16-48-21-25-54(26-22-48)65-13-7-9-35-70-65/h4-14,19-40,43H,15-18H2,1-3H3/i1D3,2D3,3D3. The molecule has 5 heteroatoms. The summed E-state index contributed by atoms with van der Waals surface area (Å²) in [5, 5.41) is 20.7. The number of aryl methyl sites for hydroxylation is 5. The lowest BCUT2D eigenvalue weighted by Crippen LogP contribution is -1.98. The van der Waals surface area contributed by atoms with Crippen molar-refractivity contribution in [2.75, 3.05) is 0 Å². The molecule has 3 heterocycles. The zero-order chi connectivity index (χ0) is 56.2. The fourth-order valence-corrected chi connectivity index (χ4v) is 9.19. The van der Waals surface area contributed by atoms with Crippen LogP contribution in [0.4, 0.5) is 0 Å². The average molecular weight is 923 g/mol. The molecular formula is C66H51N5. The Morgan fingerprint density at radius 2 is 0.915 bits per heavy atom. The largest absolute Gasteiger partial charge is 0.256 e. The van der Waals surface area contributed by atoms with Gasteiger partial charge in [-0.05, 0) is 167 Å². The minimum atomic E-state index is -3.02. The van der Waals surface area contributed by atoms with Crippen LogP contribution in [-0.4, -0.2) is 15.0 Å². The number of pyridine rings is 3. The Morgan fingerprint density at radius 1 is 0.380 bits per heavy atom. The van der Waals surface area contributed by atoms with Crippen LogP contribution in [0.2, 0.25) is 0 Å². The van der Waals surface area contributed by atoms with E-state index in [0.717, 1.165) is 87.1 Å². The van der Waals surface area contributed by atoms with Crippen LogP contribution in [0, 0.1) is 43.2 Å². The van der Waals surface area contributed by atoms with Crippen molar-refractivity contribution in [2.24, 2.45) is 0 Å². The molecule has 0 bridgehead atoms. The van der Waals surface area contributed by atoms with Crippen molar-refractivity contribution in [3.63, 3.8) is 0 Å². The fraction of sp³-hybridized carbons (Fsp3) is 0.106. The Morgan fingerprint density at radius 3 is 1.45 bits per heavy atom. The summed E-state index contributed by atoms with van der Waals surface area (Å²) in [7, 11) is 0. The summed E-state index contributed by atoms with van der Waals surface area (Å²) >= 11 is 0. The van der Waals surface area contributed by atoms with Crippen LogP contribution in [0.3, 0.4) is 0 Å². The topological polar surface area (TPSA) is 86.2 Å². The van der Waals surface area contributed by atoms with Gasteiger partial charge in [0, 0.05) is 53.2 Å². The number of hydrogen-bond acceptors (Lipinski definition) is 5. The predicted molar refractivity (Wildman–Crippen MR) is 289 cm³/mol. The first kappa shape index (κ1) is 36.0. The monoisotopic (exact) mass is 922 g/mol. The first-order chi connectivity index (χ1) is 38.4. The molecule has 0 radical (unpaired) electrons. The van der Waals surface area contributed by atoms with Gasteiger partial charge < -0.3 is 0 Å². The van der Waals surface area contributed by atoms with E-state index in [0.29, 0.717) is 11.3 Å². The maximum absolute atomic E-state index is 10.5. The second kappa shape index (κ2) is 20.7. The highest BCUT2D eigenvalue weighted by atomic mass is 14.7. The summed E-state index contributed by atoms with van der Waals surface area (Å²) < 4.78 is 73.3. The number of hydrogen-bond donors (Lipinski definition) is 0. The zero-order valence-electron chi connectivity index (χ0n) is 47.7. The molecule has 0 amide bonds. The lowest BCUT2D eigenvalue weighted by molar-refractivity contribution is 0.931. The van der Waals surface area contributed by atoms with Gasteiger partial charge in [-0.25, -0.2) is 0 Å². The second-order valence-electron chi connectivity index (χ2n) is 17.5. The number of rotatable bonds is 13. The van der Waals surface area contributed by atoms with E-state index in [-0.39, 0.29) is 22.3 Å². The molecule has 0 spiro atoms. The first-order valence-corrected chi connectivity index (χ1v) is 23.4. The van der Waals surface area contributed by atoms with Gasteiger partial charge in [-0.3, -0.25) is 15.0 Å². The SMILES string of the molecule is [2H]C([2H])([2H])c1ccc(-c2ccc(-c3ccccc3-c3cc(CCc4ccc(-c5ccccn5)cc4)cc(CCc4ccc(-c5ccccn5)cc4)c3)c(-c3ccc(-c4cc(C#N)c(C([2H])([2H])[2H])c(C([2H])([2H])[2H])c4C#N)cc3)c2)nc1. The number of nitriles is 2. The number of benzene rings is 7. The van der Waals surface area contributed by atoms with Crippen LogP contribution in [0.1, 0.15) is 62.4 Å². The number of nitrogens with zero attached hydrogens (tertiary/aromatic N) is 5. The smallest absolute Gasteiger partial charge is 0.100 e. The Labute approximate surface area is 429 Å². The molecule has 0 fully saturated rings. The van der Waals surface area contributed by atoms with Crippen molar-refractivity contribution in [3.05, 3.63) is 257 Å². The van der Waals surface area contributed by atoms with Crippen LogP contribution in [0.25, 0.3) is 78.3 Å². The van der Waals surface area contributed by atoms with Gasteiger partial charge in [-0.15, -0.1) is 0 Å². The second-order valence-corrected chi connectivity index (χ2v) is 17.5. The quantitative estimate of drug-likeness (QED) is 0.115. The Hall–Kier alpha value is -9.03. The van der Waals surface area contributed by atoms with Gasteiger partial charge in [0.1, 0.15) is 6.07 Å². The van der Waals surface area contributed by atoms with E-state index < -0.39 is 31.7 Å². The lowest BCUT2D eigenvalue weighted by atomic mass is 9.86. The summed E-state index contributed by atoms with van der Waals surface area (Å²) in [6.45, 7) is -8.33. The Balaban J connectivity index is 1.06. The molecule has 0 saturated carbocycles. The summed E-state index contributed by atoms with van der Waals surface area (Å²) in [4.78, 5) is 13.6. The molecule has 71 heavy (non-hydrogen) atoms. The van der Waals surface area contributed by atoms with Crippen LogP contribution < -0.4 is 0 Å². The van der Waals surface area contributed by atoms with Crippen molar-refractivity contribution in [2.45, 2.75) is 46.2 Å². The lowest BCUT2D eigenvalue weighted by Gasteiger charge is -2.18. The van der Waals surface area contributed by atoms with Gasteiger partial charge in [-0.1, -0.05) is 146 Å². The van der Waals surface area contributed by atoms with Crippen LogP contribution in [0.15, 0.2) is 207 Å². The van der Waals surface area contributed by atoms with E-state index >= 15 is 0 Å². The Bertz CT molecular complexity index is 3830. The molecule has 3 aromatic heterocycles. The third-order valence-electron chi connectivity index (χ3n) is 13.0. The molecule has 0 saturated heterocycles. The van der Waals surface area contributed by atoms with E-state index in [4.69, 9.17) is 12.3 Å². The van der Waals surface area contributed by atoms with Crippen molar-refractivity contribution >= 4 is 0 Å². The van der Waals surface area contributed by atoms with Gasteiger partial charge in [-0.2, -0.15) is 10.5 Å². The molecule has 0 aliphatic carbocycles. The van der Waals surface area contributed by atoms with E-state index in [1.165, 1.54) is 34.5 Å². The molecule has 340 valence electrons. The summed E-state index contributed by atoms with van der Waals surface area (Å²) in [6.07, 6.45) is 8.19. The fourth-order valence-electron chi connectivity index (χ4n) is 9.19. The van der Waals surface area contributed by atoms with Crippen molar-refractivity contribution in [3.8, 4) is 90.4 Å². The molecule has 0 atom stereocenters. The molecule has 0 aliphatic heterocycles. The van der Waals surface area contributed by atoms with Gasteiger partial charge in [0.05, 0.1) is 34.3 Å². The highest BCUT2D eigenvalue weighted by molar-refractivity contribution is 5.94. The third-order valence-corrected chi connectivity index (χ3v) is 13.0. The highest BCUT2D eigenvalue weighted by Gasteiger charge is 2.18. The van der Waals surface area contributed by atoms with Gasteiger partial charge in [0.2, 0.25) is 0 Å². The maximum Gasteiger partial charge on any atom is 0.100 e. The van der Waals surface area contributed by atoms with Gasteiger partial charge in [0.15, 0.2) is 0 Å². The third kappa shape index (κ3) is 10.1. The minimum Gasteiger partial charge on any atom is -0.256 e. The molecule has 10 aromatic rings. The first-order valence-electron chi connectivity index (χ1n) is 27.9. The van der Waals surface area contributed by atoms with Crippen molar-refractivity contribution in [1.82, 2.24) is 15.0 Å². The van der Waals surface area contributed by atoms with E-state index in [1.54, 1.807) is 36.7 Å². The van der Waals surface area contributed by atoms with Crippen molar-refractivity contribution in [1.29, 1.82) is 10.5 Å². The van der Waals surface area contributed by atoms with E-state index in [1.807, 2.05) is 91.0 Å². The minimum absolute atomic E-state index is 0.117. The Kier molecular flexibility index (Phi) is 10.5. The molecule has 7 aromatic carbocycles. The van der Waals surface area contributed by atoms with E-state index in [9.17, 15) is 10.5 Å². The van der Waals surface area contributed by atoms with Gasteiger partial charge in [0.25, 0.3) is 0 Å². The maximum atomic E-state index is 10.5. The number of aromatic nitrogens is 3. The average Bonchev–Trinajstić information content (AvgIpc) is 3.48. The zero-order valence-corrected chi connectivity index (χ0v) is 38.7. The molecule has 0 aliphatic rings. The molecular weight excluding hydrogens is 863 g/mol. The molecule has 0 N–H and O–H groups in total. The van der Waals surface area contributed by atoms with Crippen LogP contribution in [-0.2, 0) is 25.7 Å². The molecule has 10 rings (SSSR count). The normalized spacial score (nSPS) is 13.4. The summed E-state index contributed by atoms with van der Waals surface area (Å²) in [5.41, 5.74) is 14.1. The van der Waals surface area contributed by atoms with E-state index in [2.05, 4.69) is 93.8 Å². The predicted octanol–water partition coefficient (Wildman–Crippen LogP) is 15.8.